The Kier molecular flexibility index (Phi) is 4.52. The van der Waals surface area contributed by atoms with Crippen molar-refractivity contribution in [2.75, 3.05) is 0 Å². The van der Waals surface area contributed by atoms with Crippen LogP contribution >= 0.6 is 0 Å². The van der Waals surface area contributed by atoms with Crippen LogP contribution in [0.25, 0.3) is 11.1 Å². The molecule has 0 spiro atoms. The highest BCUT2D eigenvalue weighted by Crippen LogP contribution is 2.43. The second kappa shape index (κ2) is 5.93. The quantitative estimate of drug-likeness (QED) is 0.675. The molecule has 1 unspecified atom stereocenters. The lowest BCUT2D eigenvalue weighted by Crippen LogP contribution is -2.39. The Balaban J connectivity index is 2.62. The molecular weight excluding hydrogens is 337 g/mol. The summed E-state index contributed by atoms with van der Waals surface area (Å²) in [6, 6.07) is 7.69. The minimum Gasteiger partial charge on any atom is -0.508 e. The lowest BCUT2D eigenvalue weighted by atomic mass is 9.89. The third-order valence-electron chi connectivity index (χ3n) is 4.06. The van der Waals surface area contributed by atoms with Gasteiger partial charge in [0, 0.05) is 11.1 Å². The second-order valence-electron chi connectivity index (χ2n) is 6.59. The second-order valence-corrected chi connectivity index (χ2v) is 6.59. The van der Waals surface area contributed by atoms with E-state index < -0.39 is 28.7 Å². The molecule has 2 aromatic carbocycles. The molecule has 0 aromatic heterocycles. The van der Waals surface area contributed by atoms with Crippen molar-refractivity contribution in [2.24, 2.45) is 0 Å². The summed E-state index contributed by atoms with van der Waals surface area (Å²) in [7, 11) is 0. The zero-order chi connectivity index (χ0) is 19.2. The number of aromatic hydroxyl groups is 2. The van der Waals surface area contributed by atoms with Gasteiger partial charge in [-0.3, -0.25) is 0 Å². The van der Waals surface area contributed by atoms with Crippen LogP contribution in [0, 0.1) is 0 Å². The minimum absolute atomic E-state index is 0.155. The highest BCUT2D eigenvalue weighted by molar-refractivity contribution is 5.68. The maximum absolute atomic E-state index is 13.1. The standard InChI is InChI=1S/C18H19F3O4/c1-16(2,24)12-8-10(4-6-14(12)22)11-5-7-15(23)13(9-11)17(3,25)18(19,20)21/h4-9,22-25H,1-3H3. The molecule has 136 valence electrons. The van der Waals surface area contributed by atoms with Gasteiger partial charge in [0.15, 0.2) is 5.60 Å². The lowest BCUT2D eigenvalue weighted by Gasteiger charge is -2.28. The number of halogens is 3. The predicted molar refractivity (Wildman–Crippen MR) is 86.1 cm³/mol. The summed E-state index contributed by atoms with van der Waals surface area (Å²) < 4.78 is 39.2. The molecule has 0 radical (unpaired) electrons. The van der Waals surface area contributed by atoms with Crippen LogP contribution in [-0.2, 0) is 11.2 Å². The van der Waals surface area contributed by atoms with Crippen molar-refractivity contribution in [3.8, 4) is 22.6 Å². The number of alkyl halides is 3. The lowest BCUT2D eigenvalue weighted by molar-refractivity contribution is -0.259. The van der Waals surface area contributed by atoms with Gasteiger partial charge >= 0.3 is 6.18 Å². The Hall–Kier alpha value is -2.25. The highest BCUT2D eigenvalue weighted by Gasteiger charge is 2.52. The van der Waals surface area contributed by atoms with E-state index in [1.807, 2.05) is 0 Å². The van der Waals surface area contributed by atoms with Crippen LogP contribution in [0.2, 0.25) is 0 Å². The van der Waals surface area contributed by atoms with Crippen LogP contribution in [0.15, 0.2) is 36.4 Å². The van der Waals surface area contributed by atoms with E-state index in [1.54, 1.807) is 0 Å². The van der Waals surface area contributed by atoms with Crippen molar-refractivity contribution in [1.29, 1.82) is 0 Å². The predicted octanol–water partition coefficient (Wildman–Crippen LogP) is 3.76. The van der Waals surface area contributed by atoms with Crippen LogP contribution in [0.1, 0.15) is 31.9 Å². The van der Waals surface area contributed by atoms with Gasteiger partial charge in [-0.25, -0.2) is 0 Å². The summed E-state index contributed by atoms with van der Waals surface area (Å²) in [6.45, 7) is 3.48. The van der Waals surface area contributed by atoms with Crippen molar-refractivity contribution in [2.45, 2.75) is 38.1 Å². The van der Waals surface area contributed by atoms with Crippen LogP contribution in [0.4, 0.5) is 13.2 Å². The SMILES string of the molecule is CC(C)(O)c1cc(-c2ccc(O)c(C(C)(O)C(F)(F)F)c2)ccc1O. The number of phenols is 2. The first-order valence-electron chi connectivity index (χ1n) is 7.44. The average molecular weight is 356 g/mol. The normalized spacial score (nSPS) is 15.0. The summed E-state index contributed by atoms with van der Waals surface area (Å²) in [6.07, 6.45) is -4.98. The summed E-state index contributed by atoms with van der Waals surface area (Å²) >= 11 is 0. The fourth-order valence-electron chi connectivity index (χ4n) is 2.46. The fraction of sp³-hybridized carbons (Fsp3) is 0.333. The van der Waals surface area contributed by atoms with Gasteiger partial charge < -0.3 is 20.4 Å². The highest BCUT2D eigenvalue weighted by atomic mass is 19.4. The van der Waals surface area contributed by atoms with E-state index in [4.69, 9.17) is 0 Å². The topological polar surface area (TPSA) is 80.9 Å². The molecule has 4 N–H and O–H groups in total. The zero-order valence-electron chi connectivity index (χ0n) is 13.9. The molecule has 0 aliphatic rings. The van der Waals surface area contributed by atoms with Crippen LogP contribution in [-0.4, -0.2) is 26.6 Å². The molecule has 25 heavy (non-hydrogen) atoms. The molecule has 4 nitrogen and oxygen atoms in total. The van der Waals surface area contributed by atoms with Crippen LogP contribution < -0.4 is 0 Å². The molecule has 1 atom stereocenters. The molecule has 0 saturated heterocycles. The Morgan fingerprint density at radius 3 is 1.52 bits per heavy atom. The van der Waals surface area contributed by atoms with E-state index in [-0.39, 0.29) is 16.9 Å². The number of hydrogen-bond donors (Lipinski definition) is 4. The van der Waals surface area contributed by atoms with Gasteiger partial charge in [0.1, 0.15) is 11.5 Å². The maximum Gasteiger partial charge on any atom is 0.421 e. The Morgan fingerprint density at radius 1 is 0.720 bits per heavy atom. The molecule has 0 fully saturated rings. The number of hydrogen-bond acceptors (Lipinski definition) is 4. The smallest absolute Gasteiger partial charge is 0.421 e. The molecule has 0 aliphatic heterocycles. The van der Waals surface area contributed by atoms with Gasteiger partial charge in [-0.2, -0.15) is 13.2 Å². The van der Waals surface area contributed by atoms with Crippen molar-refractivity contribution in [1.82, 2.24) is 0 Å². The first kappa shape index (κ1) is 19.1. The first-order valence-corrected chi connectivity index (χ1v) is 7.44. The maximum atomic E-state index is 13.1. The molecule has 2 rings (SSSR count). The van der Waals surface area contributed by atoms with Crippen molar-refractivity contribution < 1.29 is 33.6 Å². The molecule has 0 heterocycles. The molecule has 2 aromatic rings. The molecule has 0 bridgehead atoms. The summed E-state index contributed by atoms with van der Waals surface area (Å²) in [4.78, 5) is 0. The fourth-order valence-corrected chi connectivity index (χ4v) is 2.46. The third kappa shape index (κ3) is 3.57. The van der Waals surface area contributed by atoms with E-state index in [9.17, 15) is 33.6 Å². The third-order valence-corrected chi connectivity index (χ3v) is 4.06. The molecule has 0 aliphatic carbocycles. The monoisotopic (exact) mass is 356 g/mol. The molecule has 7 heteroatoms. The molecular formula is C18H19F3O4. The summed E-state index contributed by atoms with van der Waals surface area (Å²) in [5.74, 6) is -0.842. The largest absolute Gasteiger partial charge is 0.508 e. The molecule has 0 saturated carbocycles. The van der Waals surface area contributed by atoms with Crippen molar-refractivity contribution in [3.05, 3.63) is 47.5 Å². The number of phenolic OH excluding ortho intramolecular Hbond substituents is 2. The van der Waals surface area contributed by atoms with Crippen LogP contribution in [0.5, 0.6) is 11.5 Å². The molecule has 0 amide bonds. The van der Waals surface area contributed by atoms with Gasteiger partial charge in [0.2, 0.25) is 0 Å². The Bertz CT molecular complexity index is 790. The van der Waals surface area contributed by atoms with Gasteiger partial charge in [-0.1, -0.05) is 12.1 Å². The summed E-state index contributed by atoms with van der Waals surface area (Å²) in [5.41, 5.74) is -4.39. The van der Waals surface area contributed by atoms with Gasteiger partial charge in [0.25, 0.3) is 0 Å². The Morgan fingerprint density at radius 2 is 1.12 bits per heavy atom. The number of benzene rings is 2. The summed E-state index contributed by atoms with van der Waals surface area (Å²) in [5, 5.41) is 39.6. The number of aliphatic hydroxyl groups is 2. The van der Waals surface area contributed by atoms with Crippen LogP contribution in [0.3, 0.4) is 0 Å². The van der Waals surface area contributed by atoms with E-state index in [0.717, 1.165) is 12.1 Å². The van der Waals surface area contributed by atoms with Gasteiger partial charge in [0.05, 0.1) is 5.60 Å². The average Bonchev–Trinajstić information content (AvgIpc) is 2.46. The van der Waals surface area contributed by atoms with E-state index in [2.05, 4.69) is 0 Å². The number of rotatable bonds is 3. The van der Waals surface area contributed by atoms with Gasteiger partial charge in [-0.05, 0) is 56.2 Å². The van der Waals surface area contributed by atoms with Crippen molar-refractivity contribution in [3.63, 3.8) is 0 Å². The Labute approximate surface area is 142 Å². The van der Waals surface area contributed by atoms with Crippen molar-refractivity contribution >= 4 is 0 Å². The zero-order valence-corrected chi connectivity index (χ0v) is 13.9. The first-order chi connectivity index (χ1) is 11.2. The van der Waals surface area contributed by atoms with Gasteiger partial charge in [-0.15, -0.1) is 0 Å². The van der Waals surface area contributed by atoms with E-state index in [1.165, 1.54) is 38.1 Å². The van der Waals surface area contributed by atoms with E-state index in [0.29, 0.717) is 12.5 Å². The van der Waals surface area contributed by atoms with E-state index >= 15 is 0 Å². The minimum atomic E-state index is -4.98.